The van der Waals surface area contributed by atoms with Gasteiger partial charge in [0.05, 0.1) is 0 Å². The molecule has 0 bridgehead atoms. The van der Waals surface area contributed by atoms with Crippen LogP contribution in [0.2, 0.25) is 0 Å². The number of aromatic nitrogens is 1. The van der Waals surface area contributed by atoms with Gasteiger partial charge in [-0.15, -0.1) is 11.8 Å². The van der Waals surface area contributed by atoms with Gasteiger partial charge in [-0.2, -0.15) is 5.26 Å². The molecule has 1 heterocycles. The molecule has 90 valence electrons. The molecule has 2 aromatic rings. The van der Waals surface area contributed by atoms with E-state index in [1.54, 1.807) is 18.3 Å². The summed E-state index contributed by atoms with van der Waals surface area (Å²) in [6.07, 6.45) is 1.55. The maximum atomic E-state index is 13.0. The second-order valence-electron chi connectivity index (χ2n) is 3.49. The number of halogens is 2. The summed E-state index contributed by atoms with van der Waals surface area (Å²) in [5.41, 5.74) is 1.13. The summed E-state index contributed by atoms with van der Waals surface area (Å²) in [5.74, 6) is -1.24. The number of nitrogens with zero attached hydrogens (tertiary/aromatic N) is 2. The topological polar surface area (TPSA) is 36.7 Å². The van der Waals surface area contributed by atoms with Crippen LogP contribution in [0.1, 0.15) is 11.3 Å². The third kappa shape index (κ3) is 2.84. The van der Waals surface area contributed by atoms with Crippen molar-refractivity contribution in [2.24, 2.45) is 0 Å². The summed E-state index contributed by atoms with van der Waals surface area (Å²) in [4.78, 5) is 4.55. The minimum Gasteiger partial charge on any atom is -0.245 e. The molecular weight excluding hydrogens is 254 g/mol. The second-order valence-corrected chi connectivity index (χ2v) is 4.54. The van der Waals surface area contributed by atoms with Gasteiger partial charge in [0.2, 0.25) is 0 Å². The third-order valence-corrected chi connectivity index (χ3v) is 3.33. The Balaban J connectivity index is 2.12. The molecule has 0 aliphatic heterocycles. The van der Waals surface area contributed by atoms with Crippen molar-refractivity contribution in [1.29, 1.82) is 5.26 Å². The molecule has 0 aliphatic carbocycles. The van der Waals surface area contributed by atoms with Crippen molar-refractivity contribution in [2.45, 2.75) is 10.6 Å². The van der Waals surface area contributed by atoms with E-state index in [1.165, 1.54) is 17.8 Å². The van der Waals surface area contributed by atoms with E-state index < -0.39 is 11.6 Å². The molecule has 0 atom stereocenters. The molecule has 0 unspecified atom stereocenters. The summed E-state index contributed by atoms with van der Waals surface area (Å²) in [6, 6.07) is 9.26. The van der Waals surface area contributed by atoms with Gasteiger partial charge in [-0.25, -0.2) is 13.8 Å². The average molecular weight is 262 g/mol. The first-order valence-electron chi connectivity index (χ1n) is 5.12. The van der Waals surface area contributed by atoms with E-state index in [0.717, 1.165) is 17.7 Å². The van der Waals surface area contributed by atoms with Crippen molar-refractivity contribution in [3.05, 3.63) is 59.4 Å². The smallest absolute Gasteiger partial charge is 0.159 e. The van der Waals surface area contributed by atoms with Crippen LogP contribution in [0.4, 0.5) is 8.78 Å². The highest BCUT2D eigenvalue weighted by molar-refractivity contribution is 7.98. The molecular formula is C13H8F2N2S. The summed E-state index contributed by atoms with van der Waals surface area (Å²) in [7, 11) is 0. The molecule has 0 amide bonds. The predicted molar refractivity (Wildman–Crippen MR) is 64.9 cm³/mol. The summed E-state index contributed by atoms with van der Waals surface area (Å²) >= 11 is 1.33. The van der Waals surface area contributed by atoms with Crippen LogP contribution in [-0.4, -0.2) is 4.98 Å². The number of rotatable bonds is 3. The Labute approximate surface area is 107 Å². The molecule has 0 aliphatic rings. The van der Waals surface area contributed by atoms with Crippen molar-refractivity contribution in [1.82, 2.24) is 4.98 Å². The highest BCUT2D eigenvalue weighted by atomic mass is 32.2. The standard InChI is InChI=1S/C13H8F2N2S/c14-11-4-3-10(6-12(11)15)18-8-9-2-1-5-17-13(9)7-16/h1-6H,8H2. The fourth-order valence-corrected chi connectivity index (χ4v) is 2.29. The number of nitriles is 1. The Morgan fingerprint density at radius 3 is 2.78 bits per heavy atom. The van der Waals surface area contributed by atoms with Gasteiger partial charge in [0.25, 0.3) is 0 Å². The Hall–Kier alpha value is -1.93. The molecule has 0 saturated heterocycles. The molecule has 5 heteroatoms. The lowest BCUT2D eigenvalue weighted by Crippen LogP contribution is -1.91. The largest absolute Gasteiger partial charge is 0.245 e. The van der Waals surface area contributed by atoms with Gasteiger partial charge in [0.1, 0.15) is 11.8 Å². The normalized spacial score (nSPS) is 10.1. The summed E-state index contributed by atoms with van der Waals surface area (Å²) in [6.45, 7) is 0. The van der Waals surface area contributed by atoms with Crippen LogP contribution in [0.15, 0.2) is 41.4 Å². The Kier molecular flexibility index (Phi) is 3.90. The molecule has 0 N–H and O–H groups in total. The van der Waals surface area contributed by atoms with Gasteiger partial charge in [-0.1, -0.05) is 6.07 Å². The third-order valence-electron chi connectivity index (χ3n) is 2.28. The van der Waals surface area contributed by atoms with Crippen LogP contribution >= 0.6 is 11.8 Å². The predicted octanol–water partition coefficient (Wildman–Crippen LogP) is 3.52. The zero-order valence-corrected chi connectivity index (χ0v) is 10.0. The Morgan fingerprint density at radius 1 is 1.22 bits per heavy atom. The molecule has 0 saturated carbocycles. The van der Waals surface area contributed by atoms with Crippen molar-refractivity contribution >= 4 is 11.8 Å². The minimum absolute atomic E-state index is 0.354. The highest BCUT2D eigenvalue weighted by Crippen LogP contribution is 2.25. The lowest BCUT2D eigenvalue weighted by Gasteiger charge is -2.03. The molecule has 2 rings (SSSR count). The lowest BCUT2D eigenvalue weighted by molar-refractivity contribution is 0.506. The van der Waals surface area contributed by atoms with E-state index in [1.807, 2.05) is 6.07 Å². The first kappa shape index (κ1) is 12.5. The zero-order chi connectivity index (χ0) is 13.0. The number of hydrogen-bond donors (Lipinski definition) is 0. The van der Waals surface area contributed by atoms with Crippen LogP contribution in [0.3, 0.4) is 0 Å². The summed E-state index contributed by atoms with van der Waals surface area (Å²) in [5, 5.41) is 8.86. The first-order valence-corrected chi connectivity index (χ1v) is 6.11. The minimum atomic E-state index is -0.869. The average Bonchev–Trinajstić information content (AvgIpc) is 2.40. The van der Waals surface area contributed by atoms with Gasteiger partial charge in [0.15, 0.2) is 11.6 Å². The van der Waals surface area contributed by atoms with E-state index in [4.69, 9.17) is 5.26 Å². The number of pyridine rings is 1. The Morgan fingerprint density at radius 2 is 2.06 bits per heavy atom. The number of thioether (sulfide) groups is 1. The molecule has 1 aromatic heterocycles. The van der Waals surface area contributed by atoms with Gasteiger partial charge in [-0.05, 0) is 29.8 Å². The summed E-state index contributed by atoms with van der Waals surface area (Å²) < 4.78 is 25.7. The number of benzene rings is 1. The first-order chi connectivity index (χ1) is 8.70. The van der Waals surface area contributed by atoms with Crippen LogP contribution in [0.5, 0.6) is 0 Å². The number of hydrogen-bond acceptors (Lipinski definition) is 3. The van der Waals surface area contributed by atoms with Crippen LogP contribution in [0, 0.1) is 23.0 Å². The zero-order valence-electron chi connectivity index (χ0n) is 9.23. The van der Waals surface area contributed by atoms with Crippen molar-refractivity contribution in [3.8, 4) is 6.07 Å². The van der Waals surface area contributed by atoms with E-state index in [2.05, 4.69) is 4.98 Å². The monoisotopic (exact) mass is 262 g/mol. The van der Waals surface area contributed by atoms with E-state index in [-0.39, 0.29) is 0 Å². The second kappa shape index (κ2) is 5.61. The van der Waals surface area contributed by atoms with E-state index in [0.29, 0.717) is 16.3 Å². The molecule has 0 spiro atoms. The molecule has 2 nitrogen and oxygen atoms in total. The molecule has 0 fully saturated rings. The molecule has 18 heavy (non-hydrogen) atoms. The van der Waals surface area contributed by atoms with Gasteiger partial charge in [0, 0.05) is 16.8 Å². The van der Waals surface area contributed by atoms with Crippen LogP contribution in [0.25, 0.3) is 0 Å². The van der Waals surface area contributed by atoms with Gasteiger partial charge < -0.3 is 0 Å². The quantitative estimate of drug-likeness (QED) is 0.794. The van der Waals surface area contributed by atoms with Crippen molar-refractivity contribution in [3.63, 3.8) is 0 Å². The van der Waals surface area contributed by atoms with E-state index in [9.17, 15) is 8.78 Å². The van der Waals surface area contributed by atoms with Crippen molar-refractivity contribution < 1.29 is 8.78 Å². The SMILES string of the molecule is N#Cc1ncccc1CSc1ccc(F)c(F)c1. The van der Waals surface area contributed by atoms with Gasteiger partial charge in [-0.3, -0.25) is 0 Å². The molecule has 1 aromatic carbocycles. The van der Waals surface area contributed by atoms with Gasteiger partial charge >= 0.3 is 0 Å². The van der Waals surface area contributed by atoms with Crippen LogP contribution in [-0.2, 0) is 5.75 Å². The maximum Gasteiger partial charge on any atom is 0.159 e. The van der Waals surface area contributed by atoms with Crippen LogP contribution < -0.4 is 0 Å². The van der Waals surface area contributed by atoms with E-state index >= 15 is 0 Å². The highest BCUT2D eigenvalue weighted by Gasteiger charge is 2.06. The molecule has 0 radical (unpaired) electrons. The van der Waals surface area contributed by atoms with Crippen molar-refractivity contribution in [2.75, 3.05) is 0 Å². The lowest BCUT2D eigenvalue weighted by atomic mass is 10.2. The maximum absolute atomic E-state index is 13.0. The Bertz CT molecular complexity index is 608. The fourth-order valence-electron chi connectivity index (χ4n) is 1.38. The fraction of sp³-hybridized carbons (Fsp3) is 0.0769.